The molecular formula is C20H15ClN4OS2. The highest BCUT2D eigenvalue weighted by Crippen LogP contribution is 2.26. The number of hydrogen-bond acceptors (Lipinski definition) is 5. The predicted molar refractivity (Wildman–Crippen MR) is 116 cm³/mol. The Kier molecular flexibility index (Phi) is 5.66. The molecular weight excluding hydrogens is 412 g/mol. The second-order valence-electron chi connectivity index (χ2n) is 5.85. The molecule has 0 saturated carbocycles. The van der Waals surface area contributed by atoms with E-state index in [1.54, 1.807) is 28.3 Å². The van der Waals surface area contributed by atoms with Crippen LogP contribution in [0, 0.1) is 4.77 Å². The van der Waals surface area contributed by atoms with Gasteiger partial charge in [0.15, 0.2) is 5.82 Å². The number of aromatic amines is 1. The van der Waals surface area contributed by atoms with E-state index >= 15 is 0 Å². The standard InChI is InChI=1S/C20H15ClN4OS2/c21-16-11-15(8-9-17(16)26-13-14-5-2-1-3-6-14)12-22-25-19(23-24-20(25)27)18-7-4-10-28-18/h1-12H,13H2,(H,24,27)/b22-12-. The Hall–Kier alpha value is -2.74. The van der Waals surface area contributed by atoms with E-state index in [9.17, 15) is 0 Å². The molecule has 28 heavy (non-hydrogen) atoms. The van der Waals surface area contributed by atoms with Crippen molar-refractivity contribution >= 4 is 41.4 Å². The average Bonchev–Trinajstić information content (AvgIpc) is 3.36. The molecule has 0 spiro atoms. The van der Waals surface area contributed by atoms with Crippen LogP contribution in [-0.4, -0.2) is 21.1 Å². The number of hydrogen-bond donors (Lipinski definition) is 1. The van der Waals surface area contributed by atoms with Crippen LogP contribution in [0.3, 0.4) is 0 Å². The first kappa shape index (κ1) is 18.6. The van der Waals surface area contributed by atoms with Crippen molar-refractivity contribution in [3.8, 4) is 16.5 Å². The Morgan fingerprint density at radius 2 is 2.04 bits per heavy atom. The van der Waals surface area contributed by atoms with Crippen molar-refractivity contribution in [3.63, 3.8) is 0 Å². The van der Waals surface area contributed by atoms with Gasteiger partial charge in [-0.25, -0.2) is 5.10 Å². The van der Waals surface area contributed by atoms with Crippen molar-refractivity contribution in [3.05, 3.63) is 87.0 Å². The zero-order valence-corrected chi connectivity index (χ0v) is 17.0. The molecule has 0 unspecified atom stereocenters. The topological polar surface area (TPSA) is 55.2 Å². The van der Waals surface area contributed by atoms with Crippen molar-refractivity contribution in [1.29, 1.82) is 0 Å². The summed E-state index contributed by atoms with van der Waals surface area (Å²) in [5.41, 5.74) is 1.91. The summed E-state index contributed by atoms with van der Waals surface area (Å²) in [4.78, 5) is 0.979. The van der Waals surface area contributed by atoms with Gasteiger partial charge >= 0.3 is 0 Å². The van der Waals surface area contributed by atoms with E-state index in [0.29, 0.717) is 28.0 Å². The molecule has 8 heteroatoms. The van der Waals surface area contributed by atoms with Crippen LogP contribution in [0.5, 0.6) is 5.75 Å². The minimum atomic E-state index is 0.425. The highest BCUT2D eigenvalue weighted by atomic mass is 35.5. The molecule has 0 aliphatic heterocycles. The zero-order valence-electron chi connectivity index (χ0n) is 14.6. The molecule has 0 bridgehead atoms. The molecule has 4 aromatic rings. The lowest BCUT2D eigenvalue weighted by molar-refractivity contribution is 0.306. The maximum absolute atomic E-state index is 6.37. The van der Waals surface area contributed by atoms with Crippen LogP contribution in [0.1, 0.15) is 11.1 Å². The first-order valence-corrected chi connectivity index (χ1v) is 10.1. The van der Waals surface area contributed by atoms with Crippen molar-refractivity contribution in [2.24, 2.45) is 5.10 Å². The lowest BCUT2D eigenvalue weighted by atomic mass is 10.2. The van der Waals surface area contributed by atoms with Gasteiger partial charge in [-0.05, 0) is 53.0 Å². The van der Waals surface area contributed by atoms with E-state index in [0.717, 1.165) is 16.0 Å². The third-order valence-corrected chi connectivity index (χ3v) is 5.33. The molecule has 5 nitrogen and oxygen atoms in total. The van der Waals surface area contributed by atoms with Gasteiger partial charge in [0, 0.05) is 0 Å². The third kappa shape index (κ3) is 4.22. The number of aromatic nitrogens is 3. The van der Waals surface area contributed by atoms with E-state index < -0.39 is 0 Å². The Balaban J connectivity index is 1.51. The van der Waals surface area contributed by atoms with E-state index in [1.807, 2.05) is 60.0 Å². The Morgan fingerprint density at radius 1 is 1.18 bits per heavy atom. The summed E-state index contributed by atoms with van der Waals surface area (Å²) in [5, 5.41) is 14.0. The highest BCUT2D eigenvalue weighted by Gasteiger charge is 2.09. The highest BCUT2D eigenvalue weighted by molar-refractivity contribution is 7.71. The number of halogens is 1. The molecule has 4 rings (SSSR count). The summed E-state index contributed by atoms with van der Waals surface area (Å²) in [7, 11) is 0. The van der Waals surface area contributed by atoms with Crippen LogP contribution in [0.2, 0.25) is 5.02 Å². The maximum atomic E-state index is 6.37. The second-order valence-corrected chi connectivity index (χ2v) is 7.59. The first-order valence-electron chi connectivity index (χ1n) is 8.42. The quantitative estimate of drug-likeness (QED) is 0.314. The SMILES string of the molecule is S=c1[nH]nc(-c2cccs2)n1/N=C\c1ccc(OCc2ccccc2)c(Cl)c1. The number of H-pyrrole nitrogens is 1. The van der Waals surface area contributed by atoms with Gasteiger partial charge in [0.05, 0.1) is 16.1 Å². The maximum Gasteiger partial charge on any atom is 0.216 e. The fourth-order valence-corrected chi connectivity index (χ4v) is 3.66. The minimum absolute atomic E-state index is 0.425. The van der Waals surface area contributed by atoms with Gasteiger partial charge in [-0.1, -0.05) is 48.0 Å². The molecule has 2 heterocycles. The molecule has 0 atom stereocenters. The fourth-order valence-electron chi connectivity index (χ4n) is 2.54. The Bertz CT molecular complexity index is 1150. The number of thiophene rings is 1. The lowest BCUT2D eigenvalue weighted by Gasteiger charge is -2.08. The summed E-state index contributed by atoms with van der Waals surface area (Å²) in [6, 6.07) is 19.4. The van der Waals surface area contributed by atoms with Crippen molar-refractivity contribution < 1.29 is 4.74 Å². The summed E-state index contributed by atoms with van der Waals surface area (Å²) in [6.45, 7) is 0.461. The van der Waals surface area contributed by atoms with Crippen LogP contribution in [-0.2, 0) is 6.61 Å². The van der Waals surface area contributed by atoms with Crippen molar-refractivity contribution in [1.82, 2.24) is 14.9 Å². The molecule has 2 aromatic carbocycles. The fraction of sp³-hybridized carbons (Fsp3) is 0.0500. The lowest BCUT2D eigenvalue weighted by Crippen LogP contribution is -1.97. The minimum Gasteiger partial charge on any atom is -0.487 e. The average molecular weight is 427 g/mol. The molecule has 0 amide bonds. The second kappa shape index (κ2) is 8.52. The van der Waals surface area contributed by atoms with E-state index in [4.69, 9.17) is 28.6 Å². The molecule has 0 saturated heterocycles. The monoisotopic (exact) mass is 426 g/mol. The van der Waals surface area contributed by atoms with Gasteiger partial charge in [-0.3, -0.25) is 0 Å². The number of nitrogens with one attached hydrogen (secondary N) is 1. The van der Waals surface area contributed by atoms with Crippen LogP contribution in [0.25, 0.3) is 10.7 Å². The van der Waals surface area contributed by atoms with Gasteiger partial charge in [0.1, 0.15) is 12.4 Å². The summed E-state index contributed by atoms with van der Waals surface area (Å²) in [6.07, 6.45) is 1.69. The number of benzene rings is 2. The van der Waals surface area contributed by atoms with Crippen molar-refractivity contribution in [2.75, 3.05) is 0 Å². The number of nitrogens with zero attached hydrogens (tertiary/aromatic N) is 3. The number of ether oxygens (including phenoxy) is 1. The van der Waals surface area contributed by atoms with Gasteiger partial charge in [0.25, 0.3) is 0 Å². The Morgan fingerprint density at radius 3 is 2.79 bits per heavy atom. The van der Waals surface area contributed by atoms with Crippen LogP contribution >= 0.6 is 35.2 Å². The van der Waals surface area contributed by atoms with Gasteiger partial charge in [0.2, 0.25) is 4.77 Å². The van der Waals surface area contributed by atoms with E-state index in [1.165, 1.54) is 0 Å². The zero-order chi connectivity index (χ0) is 19.3. The van der Waals surface area contributed by atoms with Gasteiger partial charge < -0.3 is 4.74 Å². The summed E-state index contributed by atoms with van der Waals surface area (Å²) in [5.74, 6) is 1.30. The Labute approximate surface area is 175 Å². The summed E-state index contributed by atoms with van der Waals surface area (Å²) < 4.78 is 7.82. The molecule has 2 aromatic heterocycles. The molecule has 0 fully saturated rings. The normalized spacial score (nSPS) is 11.2. The van der Waals surface area contributed by atoms with E-state index in [-0.39, 0.29) is 0 Å². The molecule has 0 radical (unpaired) electrons. The van der Waals surface area contributed by atoms with Crippen LogP contribution in [0.4, 0.5) is 0 Å². The van der Waals surface area contributed by atoms with Crippen molar-refractivity contribution in [2.45, 2.75) is 6.61 Å². The van der Waals surface area contributed by atoms with Gasteiger partial charge in [-0.15, -0.1) is 11.3 Å². The van der Waals surface area contributed by atoms with Crippen LogP contribution < -0.4 is 4.74 Å². The predicted octanol–water partition coefficient (Wildman–Crippen LogP) is 5.78. The largest absolute Gasteiger partial charge is 0.487 e. The van der Waals surface area contributed by atoms with Crippen LogP contribution in [0.15, 0.2) is 71.1 Å². The third-order valence-electron chi connectivity index (χ3n) is 3.91. The first-order chi connectivity index (χ1) is 13.7. The smallest absolute Gasteiger partial charge is 0.216 e. The molecule has 0 aliphatic rings. The molecule has 140 valence electrons. The number of rotatable bonds is 6. The van der Waals surface area contributed by atoms with E-state index in [2.05, 4.69) is 15.3 Å². The summed E-state index contributed by atoms with van der Waals surface area (Å²) >= 11 is 13.2. The molecule has 0 aliphatic carbocycles. The van der Waals surface area contributed by atoms with Gasteiger partial charge in [-0.2, -0.15) is 14.9 Å². The molecule has 1 N–H and O–H groups in total.